The minimum atomic E-state index is 0.544. The van der Waals surface area contributed by atoms with E-state index in [1.54, 1.807) is 12.4 Å². The highest BCUT2D eigenvalue weighted by molar-refractivity contribution is 5.82. The van der Waals surface area contributed by atoms with Crippen molar-refractivity contribution >= 4 is 11.9 Å². The monoisotopic (exact) mass is 225 g/mol. The first-order chi connectivity index (χ1) is 8.34. The summed E-state index contributed by atoms with van der Waals surface area (Å²) in [6, 6.07) is 10.1. The molecule has 2 heterocycles. The molecule has 1 aromatic heterocycles. The van der Waals surface area contributed by atoms with E-state index < -0.39 is 0 Å². The van der Waals surface area contributed by atoms with Gasteiger partial charge in [-0.2, -0.15) is 4.58 Å². The lowest BCUT2D eigenvalue weighted by Crippen LogP contribution is -2.21. The predicted molar refractivity (Wildman–Crippen MR) is 66.0 cm³/mol. The molecule has 0 atom stereocenters. The van der Waals surface area contributed by atoms with Gasteiger partial charge in [-0.3, -0.25) is 4.98 Å². The maximum atomic E-state index is 5.80. The van der Waals surface area contributed by atoms with Gasteiger partial charge >= 0.3 is 0 Å². The van der Waals surface area contributed by atoms with Crippen LogP contribution in [0.5, 0.6) is 5.75 Å². The zero-order valence-electron chi connectivity index (χ0n) is 9.63. The zero-order valence-corrected chi connectivity index (χ0v) is 9.63. The van der Waals surface area contributed by atoms with Crippen molar-refractivity contribution in [3.8, 4) is 5.75 Å². The topological polar surface area (TPSA) is 25.1 Å². The van der Waals surface area contributed by atoms with Crippen LogP contribution in [0.1, 0.15) is 11.1 Å². The molecule has 0 aliphatic carbocycles. The molecular formula is C14H13N2O+. The molecule has 1 aromatic carbocycles. The van der Waals surface area contributed by atoms with E-state index in [2.05, 4.69) is 34.8 Å². The molecule has 0 bridgehead atoms. The highest BCUT2D eigenvalue weighted by Gasteiger charge is 2.19. The SMILES string of the molecule is Cc1cccc2c1OC[N+](c1ccncc1)=C2. The van der Waals surface area contributed by atoms with Crippen LogP contribution < -0.4 is 4.74 Å². The first kappa shape index (κ1) is 10.0. The molecule has 3 nitrogen and oxygen atoms in total. The van der Waals surface area contributed by atoms with Gasteiger partial charge < -0.3 is 4.74 Å². The summed E-state index contributed by atoms with van der Waals surface area (Å²) < 4.78 is 7.87. The van der Waals surface area contributed by atoms with E-state index in [9.17, 15) is 0 Å². The highest BCUT2D eigenvalue weighted by atomic mass is 16.5. The second kappa shape index (κ2) is 4.01. The van der Waals surface area contributed by atoms with Crippen molar-refractivity contribution in [3.63, 3.8) is 0 Å². The normalized spacial score (nSPS) is 13.6. The van der Waals surface area contributed by atoms with E-state index in [0.29, 0.717) is 6.73 Å². The quantitative estimate of drug-likeness (QED) is 0.697. The van der Waals surface area contributed by atoms with Crippen LogP contribution in [0.3, 0.4) is 0 Å². The summed E-state index contributed by atoms with van der Waals surface area (Å²) in [5.41, 5.74) is 3.38. The minimum absolute atomic E-state index is 0.544. The average Bonchev–Trinajstić information content (AvgIpc) is 2.40. The summed E-state index contributed by atoms with van der Waals surface area (Å²) in [4.78, 5) is 4.02. The van der Waals surface area contributed by atoms with Crippen molar-refractivity contribution in [1.82, 2.24) is 4.98 Å². The molecule has 17 heavy (non-hydrogen) atoms. The van der Waals surface area contributed by atoms with Crippen molar-refractivity contribution in [2.24, 2.45) is 0 Å². The summed E-state index contributed by atoms with van der Waals surface area (Å²) >= 11 is 0. The second-order valence-corrected chi connectivity index (χ2v) is 4.07. The van der Waals surface area contributed by atoms with Gasteiger partial charge in [0.1, 0.15) is 5.75 Å². The van der Waals surface area contributed by atoms with Crippen LogP contribution in [0.4, 0.5) is 5.69 Å². The van der Waals surface area contributed by atoms with Crippen molar-refractivity contribution in [2.45, 2.75) is 6.92 Å². The fourth-order valence-electron chi connectivity index (χ4n) is 2.00. The number of aromatic nitrogens is 1. The average molecular weight is 225 g/mol. The van der Waals surface area contributed by atoms with E-state index in [-0.39, 0.29) is 0 Å². The van der Waals surface area contributed by atoms with Gasteiger partial charge in [0.2, 0.25) is 5.69 Å². The van der Waals surface area contributed by atoms with Gasteiger partial charge in [0, 0.05) is 24.5 Å². The lowest BCUT2D eigenvalue weighted by molar-refractivity contribution is -0.476. The molecule has 0 spiro atoms. The molecule has 0 saturated carbocycles. The van der Waals surface area contributed by atoms with E-state index in [0.717, 1.165) is 17.0 Å². The molecule has 0 fully saturated rings. The Balaban J connectivity index is 2.07. The highest BCUT2D eigenvalue weighted by Crippen LogP contribution is 2.25. The van der Waals surface area contributed by atoms with Gasteiger partial charge in [-0.05, 0) is 18.6 Å². The minimum Gasteiger partial charge on any atom is -0.435 e. The standard InChI is InChI=1S/C14H13N2O/c1-11-3-2-4-12-9-16(10-17-14(11)12)13-5-7-15-8-6-13/h2-9H,10H2,1H3/q+1. The Morgan fingerprint density at radius 3 is 2.82 bits per heavy atom. The van der Waals surface area contributed by atoms with E-state index >= 15 is 0 Å². The molecule has 0 radical (unpaired) electrons. The summed E-state index contributed by atoms with van der Waals surface area (Å²) in [6.07, 6.45) is 5.69. The first-order valence-corrected chi connectivity index (χ1v) is 5.58. The zero-order chi connectivity index (χ0) is 11.7. The number of para-hydroxylation sites is 1. The van der Waals surface area contributed by atoms with Crippen molar-refractivity contribution in [3.05, 3.63) is 53.9 Å². The van der Waals surface area contributed by atoms with Crippen LogP contribution in [0, 0.1) is 6.92 Å². The van der Waals surface area contributed by atoms with E-state index in [1.807, 2.05) is 18.2 Å². The maximum Gasteiger partial charge on any atom is 0.292 e. The van der Waals surface area contributed by atoms with Crippen LogP contribution in [0.25, 0.3) is 0 Å². The van der Waals surface area contributed by atoms with Gasteiger partial charge in [-0.1, -0.05) is 12.1 Å². The van der Waals surface area contributed by atoms with E-state index in [1.165, 1.54) is 5.56 Å². The number of ether oxygens (including phenoxy) is 1. The van der Waals surface area contributed by atoms with Gasteiger partial charge in [-0.15, -0.1) is 0 Å². The van der Waals surface area contributed by atoms with Crippen LogP contribution >= 0.6 is 0 Å². The lowest BCUT2D eigenvalue weighted by Gasteiger charge is -2.14. The second-order valence-electron chi connectivity index (χ2n) is 4.07. The number of rotatable bonds is 1. The molecule has 2 aromatic rings. The summed E-state index contributed by atoms with van der Waals surface area (Å²) in [7, 11) is 0. The van der Waals surface area contributed by atoms with Gasteiger partial charge in [0.05, 0.1) is 5.56 Å². The van der Waals surface area contributed by atoms with Crippen LogP contribution in [-0.4, -0.2) is 22.5 Å². The Morgan fingerprint density at radius 2 is 2.00 bits per heavy atom. The number of pyridine rings is 1. The molecule has 3 heteroatoms. The van der Waals surface area contributed by atoms with Crippen molar-refractivity contribution < 1.29 is 9.31 Å². The first-order valence-electron chi connectivity index (χ1n) is 5.58. The largest absolute Gasteiger partial charge is 0.435 e. The van der Waals surface area contributed by atoms with E-state index in [4.69, 9.17) is 4.74 Å². The number of nitrogens with zero attached hydrogens (tertiary/aromatic N) is 2. The van der Waals surface area contributed by atoms with Crippen LogP contribution in [0.2, 0.25) is 0 Å². The third kappa shape index (κ3) is 1.80. The van der Waals surface area contributed by atoms with Crippen molar-refractivity contribution in [2.75, 3.05) is 6.73 Å². The molecule has 1 aliphatic heterocycles. The van der Waals surface area contributed by atoms with Crippen molar-refractivity contribution in [1.29, 1.82) is 0 Å². The number of benzene rings is 1. The third-order valence-corrected chi connectivity index (χ3v) is 2.88. The predicted octanol–water partition coefficient (Wildman–Crippen LogP) is 2.50. The fraction of sp³-hybridized carbons (Fsp3) is 0.143. The molecule has 0 saturated heterocycles. The van der Waals surface area contributed by atoms with Crippen LogP contribution in [0.15, 0.2) is 42.7 Å². The number of fused-ring (bicyclic) bond motifs is 1. The molecule has 0 N–H and O–H groups in total. The lowest BCUT2D eigenvalue weighted by atomic mass is 10.1. The molecule has 1 aliphatic rings. The Labute approximate surface area is 100 Å². The molecule has 84 valence electrons. The fourth-order valence-corrected chi connectivity index (χ4v) is 2.00. The Bertz CT molecular complexity index is 576. The smallest absolute Gasteiger partial charge is 0.292 e. The third-order valence-electron chi connectivity index (χ3n) is 2.88. The van der Waals surface area contributed by atoms with Crippen LogP contribution in [-0.2, 0) is 0 Å². The summed E-state index contributed by atoms with van der Waals surface area (Å²) in [5, 5.41) is 0. The summed E-state index contributed by atoms with van der Waals surface area (Å²) in [5.74, 6) is 0.984. The van der Waals surface area contributed by atoms with Gasteiger partial charge in [-0.25, -0.2) is 0 Å². The Morgan fingerprint density at radius 1 is 1.18 bits per heavy atom. The van der Waals surface area contributed by atoms with Gasteiger partial charge in [0.15, 0.2) is 6.21 Å². The molecule has 0 amide bonds. The number of hydrogen-bond donors (Lipinski definition) is 0. The number of aryl methyl sites for hydroxylation is 1. The molecular weight excluding hydrogens is 212 g/mol. The molecule has 0 unspecified atom stereocenters. The van der Waals surface area contributed by atoms with Gasteiger partial charge in [0.25, 0.3) is 6.73 Å². The summed E-state index contributed by atoms with van der Waals surface area (Å²) in [6.45, 7) is 2.61. The maximum absolute atomic E-state index is 5.80. The number of hydrogen-bond acceptors (Lipinski definition) is 2. The Hall–Kier alpha value is -2.16. The Kier molecular flexibility index (Phi) is 2.37. The molecule has 3 rings (SSSR count).